The number of amides is 1. The number of hydrogen-bond acceptors (Lipinski definition) is 3. The van der Waals surface area contributed by atoms with Crippen LogP contribution in [0.4, 0.5) is 5.69 Å². The van der Waals surface area contributed by atoms with Gasteiger partial charge in [-0.2, -0.15) is 5.06 Å². The molecule has 0 saturated carbocycles. The Hall–Kier alpha value is -2.33. The average Bonchev–Trinajstić information content (AvgIpc) is 2.98. The lowest BCUT2D eigenvalue weighted by Crippen LogP contribution is -2.42. The van der Waals surface area contributed by atoms with Gasteiger partial charge in [-0.25, -0.2) is 0 Å². The number of carbonyl (C=O) groups excluding carboxylic acids is 1. The predicted molar refractivity (Wildman–Crippen MR) is 78.4 cm³/mol. The molecule has 0 fully saturated rings. The molecule has 0 radical (unpaired) electrons. The minimum Gasteiger partial charge on any atom is -0.491 e. The smallest absolute Gasteiger partial charge is 0.269 e. The van der Waals surface area contributed by atoms with E-state index in [-0.39, 0.29) is 5.91 Å². The summed E-state index contributed by atoms with van der Waals surface area (Å²) in [5, 5.41) is 1.37. The molecule has 0 N–H and O–H groups in total. The van der Waals surface area contributed by atoms with Gasteiger partial charge in [-0.05, 0) is 19.1 Å². The molecule has 4 heteroatoms. The molecule has 21 heavy (non-hydrogen) atoms. The first kappa shape index (κ1) is 12.4. The van der Waals surface area contributed by atoms with Crippen molar-refractivity contribution < 1.29 is 14.4 Å². The van der Waals surface area contributed by atoms with Gasteiger partial charge in [0, 0.05) is 11.1 Å². The summed E-state index contributed by atoms with van der Waals surface area (Å²) in [4.78, 5) is 18.3. The molecule has 1 spiro atoms. The molecule has 1 amide bonds. The summed E-state index contributed by atoms with van der Waals surface area (Å²) in [5.41, 5.74) is 3.00. The van der Waals surface area contributed by atoms with Crippen molar-refractivity contribution in [1.29, 1.82) is 0 Å². The first-order valence-electron chi connectivity index (χ1n) is 6.90. The van der Waals surface area contributed by atoms with Gasteiger partial charge >= 0.3 is 0 Å². The molecule has 1 atom stereocenters. The van der Waals surface area contributed by atoms with Crippen molar-refractivity contribution in [3.63, 3.8) is 0 Å². The van der Waals surface area contributed by atoms with Gasteiger partial charge in [-0.3, -0.25) is 9.63 Å². The minimum atomic E-state index is -0.784. The number of aryl methyl sites for hydroxylation is 1. The number of hydrogen-bond donors (Lipinski definition) is 0. The number of ether oxygens (including phenoxy) is 1. The largest absolute Gasteiger partial charge is 0.491 e. The Balaban J connectivity index is 2.03. The van der Waals surface area contributed by atoms with Crippen molar-refractivity contribution in [3.8, 4) is 5.75 Å². The van der Waals surface area contributed by atoms with Crippen LogP contribution in [0, 0.1) is 6.92 Å². The Morgan fingerprint density at radius 1 is 1.19 bits per heavy atom. The van der Waals surface area contributed by atoms with Crippen LogP contribution < -0.4 is 9.80 Å². The van der Waals surface area contributed by atoms with Gasteiger partial charge in [0.2, 0.25) is 0 Å². The zero-order valence-corrected chi connectivity index (χ0v) is 11.9. The number of anilines is 1. The fourth-order valence-electron chi connectivity index (χ4n) is 3.36. The molecule has 2 aromatic rings. The molecule has 0 bridgehead atoms. The van der Waals surface area contributed by atoms with E-state index >= 15 is 0 Å². The van der Waals surface area contributed by atoms with E-state index < -0.39 is 5.41 Å². The fraction of sp³-hybridized carbons (Fsp3) is 0.235. The quantitative estimate of drug-likeness (QED) is 0.806. The summed E-state index contributed by atoms with van der Waals surface area (Å²) in [7, 11) is 1.51. The van der Waals surface area contributed by atoms with Crippen LogP contribution >= 0.6 is 0 Å². The second kappa shape index (κ2) is 4.09. The molecule has 106 valence electrons. The number of benzene rings is 2. The zero-order valence-electron chi connectivity index (χ0n) is 11.9. The maximum absolute atomic E-state index is 13.0. The number of carbonyl (C=O) groups is 1. The highest BCUT2D eigenvalue weighted by atomic mass is 16.7. The third kappa shape index (κ3) is 1.40. The first-order chi connectivity index (χ1) is 10.2. The molecular weight excluding hydrogens is 266 g/mol. The van der Waals surface area contributed by atoms with Gasteiger partial charge in [-0.15, -0.1) is 0 Å². The van der Waals surface area contributed by atoms with Gasteiger partial charge in [0.25, 0.3) is 5.91 Å². The summed E-state index contributed by atoms with van der Waals surface area (Å²) in [6.07, 6.45) is 0. The van der Waals surface area contributed by atoms with E-state index in [2.05, 4.69) is 0 Å². The molecule has 2 aromatic carbocycles. The lowest BCUT2D eigenvalue weighted by atomic mass is 9.77. The van der Waals surface area contributed by atoms with Crippen molar-refractivity contribution in [3.05, 3.63) is 59.2 Å². The summed E-state index contributed by atoms with van der Waals surface area (Å²) in [5.74, 6) is 0.692. The maximum atomic E-state index is 13.0. The van der Waals surface area contributed by atoms with Crippen LogP contribution in [0.3, 0.4) is 0 Å². The summed E-state index contributed by atoms with van der Waals surface area (Å²) >= 11 is 0. The van der Waals surface area contributed by atoms with Gasteiger partial charge in [0.1, 0.15) is 17.8 Å². The van der Waals surface area contributed by atoms with Crippen LogP contribution in [0.15, 0.2) is 42.5 Å². The van der Waals surface area contributed by atoms with Crippen molar-refractivity contribution >= 4 is 11.6 Å². The van der Waals surface area contributed by atoms with E-state index in [9.17, 15) is 4.79 Å². The highest BCUT2D eigenvalue weighted by Crippen LogP contribution is 2.52. The van der Waals surface area contributed by atoms with Crippen LogP contribution in [0.25, 0.3) is 0 Å². The highest BCUT2D eigenvalue weighted by Gasteiger charge is 2.57. The van der Waals surface area contributed by atoms with E-state index in [1.54, 1.807) is 0 Å². The predicted octanol–water partition coefficient (Wildman–Crippen LogP) is 2.58. The molecule has 2 heterocycles. The lowest BCUT2D eigenvalue weighted by Gasteiger charge is -2.21. The van der Waals surface area contributed by atoms with Crippen molar-refractivity contribution in [1.82, 2.24) is 0 Å². The lowest BCUT2D eigenvalue weighted by molar-refractivity contribution is -0.128. The van der Waals surface area contributed by atoms with Crippen molar-refractivity contribution in [2.45, 2.75) is 12.3 Å². The molecule has 1 unspecified atom stereocenters. The Morgan fingerprint density at radius 3 is 2.81 bits per heavy atom. The first-order valence-corrected chi connectivity index (χ1v) is 6.90. The van der Waals surface area contributed by atoms with Crippen LogP contribution in [-0.2, 0) is 15.0 Å². The number of rotatable bonds is 1. The SMILES string of the molecule is CON1C(=O)C2(COc3ccc(C)cc32)c2ccccc21. The Bertz CT molecular complexity index is 755. The molecule has 0 saturated heterocycles. The molecule has 4 nitrogen and oxygen atoms in total. The minimum absolute atomic E-state index is 0.0875. The Morgan fingerprint density at radius 2 is 2.00 bits per heavy atom. The summed E-state index contributed by atoms with van der Waals surface area (Å²) in [6.45, 7) is 2.34. The van der Waals surface area contributed by atoms with Gasteiger partial charge in [0.05, 0.1) is 12.8 Å². The number of nitrogens with zero attached hydrogens (tertiary/aromatic N) is 1. The van der Waals surface area contributed by atoms with Gasteiger partial charge in [0.15, 0.2) is 0 Å². The van der Waals surface area contributed by atoms with Crippen LogP contribution in [0.2, 0.25) is 0 Å². The second-order valence-electron chi connectivity index (χ2n) is 5.49. The zero-order chi connectivity index (χ0) is 14.6. The van der Waals surface area contributed by atoms with Crippen LogP contribution in [0.1, 0.15) is 16.7 Å². The van der Waals surface area contributed by atoms with E-state index in [0.717, 1.165) is 28.1 Å². The fourth-order valence-corrected chi connectivity index (χ4v) is 3.36. The molecule has 4 rings (SSSR count). The molecule has 0 aliphatic carbocycles. The van der Waals surface area contributed by atoms with E-state index in [1.165, 1.54) is 12.2 Å². The highest BCUT2D eigenvalue weighted by molar-refractivity contribution is 6.10. The number of fused-ring (bicyclic) bond motifs is 4. The number of para-hydroxylation sites is 1. The Kier molecular flexibility index (Phi) is 2.41. The van der Waals surface area contributed by atoms with Gasteiger partial charge in [-0.1, -0.05) is 35.9 Å². The summed E-state index contributed by atoms with van der Waals surface area (Å²) < 4.78 is 5.81. The van der Waals surface area contributed by atoms with E-state index in [1.807, 2.05) is 49.4 Å². The normalized spacial score (nSPS) is 22.4. The van der Waals surface area contributed by atoms with Crippen LogP contribution in [0.5, 0.6) is 5.75 Å². The molecular formula is C17H15NO3. The average molecular weight is 281 g/mol. The molecule has 2 aliphatic rings. The Labute approximate surface area is 122 Å². The number of hydroxylamine groups is 1. The van der Waals surface area contributed by atoms with Crippen molar-refractivity contribution in [2.24, 2.45) is 0 Å². The van der Waals surface area contributed by atoms with Crippen molar-refractivity contribution in [2.75, 3.05) is 18.8 Å². The third-order valence-electron chi connectivity index (χ3n) is 4.35. The van der Waals surface area contributed by atoms with Crippen LogP contribution in [-0.4, -0.2) is 19.6 Å². The topological polar surface area (TPSA) is 38.8 Å². The third-order valence-corrected chi connectivity index (χ3v) is 4.35. The van der Waals surface area contributed by atoms with E-state index in [4.69, 9.17) is 9.57 Å². The van der Waals surface area contributed by atoms with Gasteiger partial charge < -0.3 is 4.74 Å². The summed E-state index contributed by atoms with van der Waals surface area (Å²) in [6, 6.07) is 13.7. The van der Waals surface area contributed by atoms with E-state index in [0.29, 0.717) is 6.61 Å². The molecule has 0 aromatic heterocycles. The monoisotopic (exact) mass is 281 g/mol. The standard InChI is InChI=1S/C17H15NO3/c1-11-7-8-15-13(9-11)17(10-21-15)12-5-3-4-6-14(12)18(20-2)16(17)19/h3-9H,10H2,1-2H3. The maximum Gasteiger partial charge on any atom is 0.269 e. The second-order valence-corrected chi connectivity index (χ2v) is 5.49. The molecule has 2 aliphatic heterocycles.